The molecule has 0 aliphatic carbocycles. The van der Waals surface area contributed by atoms with E-state index in [1.807, 2.05) is 17.0 Å². The zero-order chi connectivity index (χ0) is 13.8. The van der Waals surface area contributed by atoms with Gasteiger partial charge in [-0.05, 0) is 12.8 Å². The van der Waals surface area contributed by atoms with Crippen molar-refractivity contribution in [2.45, 2.75) is 40.2 Å². The van der Waals surface area contributed by atoms with Crippen molar-refractivity contribution in [3.63, 3.8) is 0 Å². The van der Waals surface area contributed by atoms with Gasteiger partial charge in [0, 0.05) is 18.3 Å². The highest BCUT2D eigenvalue weighted by Gasteiger charge is 2.13. The standard InChI is InChI=1S/C13H18N4OS/c1-9(2)6-17-13(14-8-15-17)5-12(18)4-11-7-19-10(3)16-11/h7-9H,4-6H2,1-3H3. The fraction of sp³-hybridized carbons (Fsp3) is 0.538. The minimum Gasteiger partial charge on any atom is -0.299 e. The van der Waals surface area contributed by atoms with Crippen molar-refractivity contribution in [1.82, 2.24) is 19.7 Å². The summed E-state index contributed by atoms with van der Waals surface area (Å²) in [5, 5.41) is 7.09. The minimum absolute atomic E-state index is 0.128. The summed E-state index contributed by atoms with van der Waals surface area (Å²) >= 11 is 1.57. The van der Waals surface area contributed by atoms with Gasteiger partial charge in [-0.25, -0.2) is 14.6 Å². The molecule has 19 heavy (non-hydrogen) atoms. The molecule has 0 spiro atoms. The molecule has 0 aromatic carbocycles. The molecule has 0 atom stereocenters. The normalized spacial score (nSPS) is 11.2. The van der Waals surface area contributed by atoms with Crippen molar-refractivity contribution in [2.24, 2.45) is 5.92 Å². The van der Waals surface area contributed by atoms with Gasteiger partial charge in [0.25, 0.3) is 0 Å². The number of ketones is 1. The van der Waals surface area contributed by atoms with E-state index < -0.39 is 0 Å². The summed E-state index contributed by atoms with van der Waals surface area (Å²) in [5.74, 6) is 1.35. The Labute approximate surface area is 116 Å². The maximum absolute atomic E-state index is 12.0. The molecule has 0 saturated carbocycles. The molecule has 2 rings (SSSR count). The summed E-state index contributed by atoms with van der Waals surface area (Å²) in [7, 11) is 0. The Morgan fingerprint density at radius 3 is 2.84 bits per heavy atom. The summed E-state index contributed by atoms with van der Waals surface area (Å²) < 4.78 is 1.81. The van der Waals surface area contributed by atoms with Crippen LogP contribution in [0.3, 0.4) is 0 Å². The third-order valence-electron chi connectivity index (χ3n) is 2.63. The number of thiazole rings is 1. The zero-order valence-corrected chi connectivity index (χ0v) is 12.3. The molecule has 0 aliphatic heterocycles. The van der Waals surface area contributed by atoms with Crippen LogP contribution in [0.2, 0.25) is 0 Å². The van der Waals surface area contributed by atoms with Crippen molar-refractivity contribution in [2.75, 3.05) is 0 Å². The molecule has 0 radical (unpaired) electrons. The van der Waals surface area contributed by atoms with Gasteiger partial charge < -0.3 is 0 Å². The molecule has 2 aromatic rings. The maximum Gasteiger partial charge on any atom is 0.146 e. The van der Waals surface area contributed by atoms with E-state index in [1.165, 1.54) is 6.33 Å². The van der Waals surface area contributed by atoms with Crippen LogP contribution in [0.15, 0.2) is 11.7 Å². The molecule has 0 N–H and O–H groups in total. The van der Waals surface area contributed by atoms with Crippen LogP contribution in [0.4, 0.5) is 0 Å². The number of carbonyl (C=O) groups excluding carboxylic acids is 1. The van der Waals surface area contributed by atoms with Crippen LogP contribution in [0.5, 0.6) is 0 Å². The van der Waals surface area contributed by atoms with E-state index in [1.54, 1.807) is 11.3 Å². The Morgan fingerprint density at radius 1 is 1.42 bits per heavy atom. The van der Waals surface area contributed by atoms with Gasteiger partial charge >= 0.3 is 0 Å². The van der Waals surface area contributed by atoms with Crippen LogP contribution in [-0.4, -0.2) is 25.5 Å². The highest BCUT2D eigenvalue weighted by Crippen LogP contribution is 2.10. The average molecular weight is 278 g/mol. The predicted octanol–water partition coefficient (Wildman–Crippen LogP) is 2.05. The molecule has 102 valence electrons. The summed E-state index contributed by atoms with van der Waals surface area (Å²) in [6, 6.07) is 0. The molecule has 0 saturated heterocycles. The lowest BCUT2D eigenvalue weighted by atomic mass is 10.1. The maximum atomic E-state index is 12.0. The van der Waals surface area contributed by atoms with Gasteiger partial charge in [0.05, 0.1) is 17.1 Å². The Morgan fingerprint density at radius 2 is 2.21 bits per heavy atom. The summed E-state index contributed by atoms with van der Waals surface area (Å²) in [5.41, 5.74) is 0.849. The third kappa shape index (κ3) is 3.96. The van der Waals surface area contributed by atoms with Crippen LogP contribution in [-0.2, 0) is 24.2 Å². The molecular formula is C13H18N4OS. The molecule has 2 heterocycles. The van der Waals surface area contributed by atoms with E-state index in [0.717, 1.165) is 23.1 Å². The SMILES string of the molecule is Cc1nc(CC(=O)Cc2ncnn2CC(C)C)cs1. The van der Waals surface area contributed by atoms with Gasteiger partial charge in [-0.15, -0.1) is 11.3 Å². The molecule has 0 unspecified atom stereocenters. The predicted molar refractivity (Wildman–Crippen MR) is 74.1 cm³/mol. The van der Waals surface area contributed by atoms with Crippen LogP contribution in [0, 0.1) is 12.8 Å². The molecule has 0 aliphatic rings. The number of aryl methyl sites for hydroxylation is 1. The topological polar surface area (TPSA) is 60.7 Å². The summed E-state index contributed by atoms with van der Waals surface area (Å²) in [4.78, 5) is 20.5. The van der Waals surface area contributed by atoms with Crippen molar-refractivity contribution >= 4 is 17.1 Å². The lowest BCUT2D eigenvalue weighted by Gasteiger charge is -2.07. The number of aromatic nitrogens is 4. The third-order valence-corrected chi connectivity index (χ3v) is 3.46. The lowest BCUT2D eigenvalue weighted by Crippen LogP contribution is -2.15. The second-order valence-corrected chi connectivity index (χ2v) is 6.06. The van der Waals surface area contributed by atoms with Gasteiger partial charge in [0.1, 0.15) is 17.9 Å². The first-order valence-electron chi connectivity index (χ1n) is 6.34. The lowest BCUT2D eigenvalue weighted by molar-refractivity contribution is -0.118. The summed E-state index contributed by atoms with van der Waals surface area (Å²) in [6.07, 6.45) is 2.21. The van der Waals surface area contributed by atoms with Gasteiger partial charge in [0.15, 0.2) is 0 Å². The Balaban J connectivity index is 1.97. The van der Waals surface area contributed by atoms with Crippen molar-refractivity contribution < 1.29 is 4.79 Å². The smallest absolute Gasteiger partial charge is 0.146 e. The first-order valence-corrected chi connectivity index (χ1v) is 7.22. The van der Waals surface area contributed by atoms with Crippen molar-refractivity contribution in [3.8, 4) is 0 Å². The molecule has 0 bridgehead atoms. The van der Waals surface area contributed by atoms with Gasteiger partial charge in [0.2, 0.25) is 0 Å². The van der Waals surface area contributed by atoms with E-state index in [4.69, 9.17) is 0 Å². The number of Topliss-reactive ketones (excluding diaryl/α,β-unsaturated/α-hetero) is 1. The fourth-order valence-corrected chi connectivity index (χ4v) is 2.47. The Bertz CT molecular complexity index is 558. The largest absolute Gasteiger partial charge is 0.299 e. The second kappa shape index (κ2) is 6.06. The number of carbonyl (C=O) groups is 1. The monoisotopic (exact) mass is 278 g/mol. The molecule has 2 aromatic heterocycles. The van der Waals surface area contributed by atoms with Gasteiger partial charge in [-0.2, -0.15) is 5.10 Å². The molecule has 6 heteroatoms. The number of nitrogens with zero attached hydrogens (tertiary/aromatic N) is 4. The van der Waals surface area contributed by atoms with Gasteiger partial charge in [-0.3, -0.25) is 4.79 Å². The van der Waals surface area contributed by atoms with Crippen LogP contribution in [0.1, 0.15) is 30.4 Å². The highest BCUT2D eigenvalue weighted by atomic mass is 32.1. The number of hydrogen-bond acceptors (Lipinski definition) is 5. The van der Waals surface area contributed by atoms with Crippen molar-refractivity contribution in [1.29, 1.82) is 0 Å². The first-order chi connectivity index (χ1) is 9.04. The first kappa shape index (κ1) is 13.9. The average Bonchev–Trinajstić information content (AvgIpc) is 2.88. The molecule has 0 fully saturated rings. The van der Waals surface area contributed by atoms with Crippen molar-refractivity contribution in [3.05, 3.63) is 28.2 Å². The molecule has 0 amide bonds. The Hall–Kier alpha value is -1.56. The van der Waals surface area contributed by atoms with E-state index >= 15 is 0 Å². The van der Waals surface area contributed by atoms with Gasteiger partial charge in [-0.1, -0.05) is 13.8 Å². The molecular weight excluding hydrogens is 260 g/mol. The highest BCUT2D eigenvalue weighted by molar-refractivity contribution is 7.09. The van der Waals surface area contributed by atoms with E-state index in [-0.39, 0.29) is 5.78 Å². The Kier molecular flexibility index (Phi) is 4.42. The van der Waals surface area contributed by atoms with Crippen LogP contribution < -0.4 is 0 Å². The minimum atomic E-state index is 0.128. The quantitative estimate of drug-likeness (QED) is 0.811. The summed E-state index contributed by atoms with van der Waals surface area (Å²) in [6.45, 7) is 6.97. The number of rotatable bonds is 6. The number of hydrogen-bond donors (Lipinski definition) is 0. The second-order valence-electron chi connectivity index (χ2n) is 5.00. The van der Waals surface area contributed by atoms with E-state index in [2.05, 4.69) is 28.9 Å². The zero-order valence-electron chi connectivity index (χ0n) is 11.5. The van der Waals surface area contributed by atoms with E-state index in [0.29, 0.717) is 18.8 Å². The fourth-order valence-electron chi connectivity index (χ4n) is 1.85. The van der Waals surface area contributed by atoms with E-state index in [9.17, 15) is 4.79 Å². The van der Waals surface area contributed by atoms with Crippen LogP contribution >= 0.6 is 11.3 Å². The van der Waals surface area contributed by atoms with Crippen LogP contribution in [0.25, 0.3) is 0 Å². The molecule has 5 nitrogen and oxygen atoms in total.